The second-order valence-corrected chi connectivity index (χ2v) is 4.85. The van der Waals surface area contributed by atoms with Gasteiger partial charge in [0.15, 0.2) is 17.5 Å². The molecule has 0 aromatic heterocycles. The minimum atomic E-state index is 0.357. The first-order valence-electron chi connectivity index (χ1n) is 6.97. The lowest BCUT2D eigenvalue weighted by Gasteiger charge is -2.11. The largest absolute Gasteiger partial charge is 0.493 e. The van der Waals surface area contributed by atoms with E-state index in [1.165, 1.54) is 0 Å². The third-order valence-corrected chi connectivity index (χ3v) is 3.19. The van der Waals surface area contributed by atoms with Crippen LogP contribution in [0.5, 0.6) is 11.5 Å². The highest BCUT2D eigenvalue weighted by Gasteiger charge is 2.08. The van der Waals surface area contributed by atoms with Crippen molar-refractivity contribution in [3.8, 4) is 11.5 Å². The maximum absolute atomic E-state index is 5.93. The molecule has 0 heterocycles. The van der Waals surface area contributed by atoms with E-state index in [9.17, 15) is 0 Å². The number of nitrogens with one attached hydrogen (secondary N) is 1. The zero-order valence-corrected chi connectivity index (χ0v) is 13.1. The molecule has 2 aromatic rings. The molecule has 0 atom stereocenters. The lowest BCUT2D eigenvalue weighted by Crippen LogP contribution is -2.22. The number of nitrogens with two attached hydrogens (primary N) is 1. The van der Waals surface area contributed by atoms with Crippen LogP contribution in [0, 0.1) is 6.92 Å². The van der Waals surface area contributed by atoms with E-state index >= 15 is 0 Å². The number of anilines is 1. The summed E-state index contributed by atoms with van der Waals surface area (Å²) in [5.74, 6) is 1.72. The van der Waals surface area contributed by atoms with E-state index in [0.29, 0.717) is 24.0 Å². The minimum Gasteiger partial charge on any atom is -0.493 e. The molecule has 3 N–H and O–H groups in total. The van der Waals surface area contributed by atoms with Crippen LogP contribution in [0.1, 0.15) is 11.1 Å². The third kappa shape index (κ3) is 3.91. The van der Waals surface area contributed by atoms with Crippen LogP contribution >= 0.6 is 0 Å². The van der Waals surface area contributed by atoms with Gasteiger partial charge in [-0.2, -0.15) is 0 Å². The summed E-state index contributed by atoms with van der Waals surface area (Å²) in [6, 6.07) is 13.6. The Kier molecular flexibility index (Phi) is 5.25. The molecule has 0 saturated carbocycles. The van der Waals surface area contributed by atoms with Gasteiger partial charge in [0.1, 0.15) is 0 Å². The first-order chi connectivity index (χ1) is 10.6. The van der Waals surface area contributed by atoms with Gasteiger partial charge in [-0.05, 0) is 30.7 Å². The van der Waals surface area contributed by atoms with Crippen LogP contribution in [0.3, 0.4) is 0 Å². The van der Waals surface area contributed by atoms with Gasteiger partial charge in [0, 0.05) is 11.3 Å². The highest BCUT2D eigenvalue weighted by molar-refractivity contribution is 5.92. The summed E-state index contributed by atoms with van der Waals surface area (Å²) >= 11 is 0. The molecule has 0 radical (unpaired) electrons. The zero-order valence-electron chi connectivity index (χ0n) is 13.1. The normalized spacial score (nSPS) is 11.1. The predicted octanol–water partition coefficient (Wildman–Crippen LogP) is 2.94. The van der Waals surface area contributed by atoms with Crippen LogP contribution in [-0.4, -0.2) is 20.2 Å². The summed E-state index contributed by atoms with van der Waals surface area (Å²) in [5, 5.41) is 3.07. The lowest BCUT2D eigenvalue weighted by molar-refractivity contribution is 0.352. The van der Waals surface area contributed by atoms with Gasteiger partial charge in [-0.3, -0.25) is 0 Å². The molecule has 5 heteroatoms. The smallest absolute Gasteiger partial charge is 0.193 e. The van der Waals surface area contributed by atoms with E-state index in [1.807, 2.05) is 49.4 Å². The third-order valence-electron chi connectivity index (χ3n) is 3.19. The summed E-state index contributed by atoms with van der Waals surface area (Å²) < 4.78 is 10.7. The summed E-state index contributed by atoms with van der Waals surface area (Å²) in [5.41, 5.74) is 8.92. The molecule has 116 valence electrons. The molecule has 2 aromatic carbocycles. The van der Waals surface area contributed by atoms with Gasteiger partial charge >= 0.3 is 0 Å². The Morgan fingerprint density at radius 1 is 1.14 bits per heavy atom. The van der Waals surface area contributed by atoms with Crippen LogP contribution < -0.4 is 20.5 Å². The number of guanidine groups is 1. The Balaban J connectivity index is 2.11. The SMILES string of the molecule is COc1cccc(CN=C(N)Nc2cccc(C)c2)c1OC. The Labute approximate surface area is 130 Å². The van der Waals surface area contributed by atoms with E-state index in [-0.39, 0.29) is 0 Å². The highest BCUT2D eigenvalue weighted by Crippen LogP contribution is 2.31. The van der Waals surface area contributed by atoms with Crippen LogP contribution in [0.4, 0.5) is 5.69 Å². The van der Waals surface area contributed by atoms with Gasteiger partial charge in [0.25, 0.3) is 0 Å². The lowest BCUT2D eigenvalue weighted by atomic mass is 10.2. The Morgan fingerprint density at radius 3 is 2.59 bits per heavy atom. The zero-order chi connectivity index (χ0) is 15.9. The van der Waals surface area contributed by atoms with Gasteiger partial charge in [-0.1, -0.05) is 24.3 Å². The molecule has 0 aliphatic heterocycles. The summed E-state index contributed by atoms with van der Waals surface area (Å²) in [4.78, 5) is 4.35. The van der Waals surface area contributed by atoms with Gasteiger partial charge in [-0.15, -0.1) is 0 Å². The van der Waals surface area contributed by atoms with Crippen molar-refractivity contribution >= 4 is 11.6 Å². The number of nitrogens with zero attached hydrogens (tertiary/aromatic N) is 1. The van der Waals surface area contributed by atoms with E-state index in [2.05, 4.69) is 10.3 Å². The van der Waals surface area contributed by atoms with Crippen molar-refractivity contribution in [2.45, 2.75) is 13.5 Å². The number of aryl methyl sites for hydroxylation is 1. The number of aliphatic imine (C=N–C) groups is 1. The van der Waals surface area contributed by atoms with Crippen molar-refractivity contribution in [2.75, 3.05) is 19.5 Å². The second-order valence-electron chi connectivity index (χ2n) is 4.85. The van der Waals surface area contributed by atoms with E-state index in [1.54, 1.807) is 14.2 Å². The van der Waals surface area contributed by atoms with Crippen molar-refractivity contribution in [3.05, 3.63) is 53.6 Å². The summed E-state index contributed by atoms with van der Waals surface area (Å²) in [7, 11) is 3.22. The summed E-state index contributed by atoms with van der Waals surface area (Å²) in [6.45, 7) is 2.44. The van der Waals surface area contributed by atoms with Gasteiger partial charge in [-0.25, -0.2) is 4.99 Å². The number of rotatable bonds is 5. The Morgan fingerprint density at radius 2 is 1.91 bits per heavy atom. The number of methoxy groups -OCH3 is 2. The van der Waals surface area contributed by atoms with Gasteiger partial charge in [0.2, 0.25) is 0 Å². The predicted molar refractivity (Wildman–Crippen MR) is 89.7 cm³/mol. The Hall–Kier alpha value is -2.69. The highest BCUT2D eigenvalue weighted by atomic mass is 16.5. The molecule has 0 aliphatic rings. The molecule has 0 aliphatic carbocycles. The van der Waals surface area contributed by atoms with Crippen molar-refractivity contribution in [1.29, 1.82) is 0 Å². The molecule has 0 amide bonds. The van der Waals surface area contributed by atoms with Gasteiger partial charge < -0.3 is 20.5 Å². The molecular formula is C17H21N3O2. The number of hydrogen-bond acceptors (Lipinski definition) is 3. The fourth-order valence-electron chi connectivity index (χ4n) is 2.16. The number of ether oxygens (including phenoxy) is 2. The molecule has 0 bridgehead atoms. The second kappa shape index (κ2) is 7.36. The fourth-order valence-corrected chi connectivity index (χ4v) is 2.16. The first kappa shape index (κ1) is 15.7. The van der Waals surface area contributed by atoms with Crippen molar-refractivity contribution in [1.82, 2.24) is 0 Å². The molecule has 0 spiro atoms. The molecule has 0 saturated heterocycles. The van der Waals surface area contributed by atoms with Crippen molar-refractivity contribution in [2.24, 2.45) is 10.7 Å². The first-order valence-corrected chi connectivity index (χ1v) is 6.97. The van der Waals surface area contributed by atoms with E-state index in [0.717, 1.165) is 16.8 Å². The number of benzene rings is 2. The maximum atomic E-state index is 5.93. The van der Waals surface area contributed by atoms with Crippen LogP contribution in [0.2, 0.25) is 0 Å². The quantitative estimate of drug-likeness (QED) is 0.658. The molecular weight excluding hydrogens is 278 g/mol. The minimum absolute atomic E-state index is 0.357. The van der Waals surface area contributed by atoms with Crippen LogP contribution in [0.25, 0.3) is 0 Å². The van der Waals surface area contributed by atoms with Gasteiger partial charge in [0.05, 0.1) is 20.8 Å². The van der Waals surface area contributed by atoms with Crippen LogP contribution in [-0.2, 0) is 6.54 Å². The molecule has 5 nitrogen and oxygen atoms in total. The monoisotopic (exact) mass is 299 g/mol. The molecule has 0 unspecified atom stereocenters. The summed E-state index contributed by atoms with van der Waals surface area (Å²) in [6.07, 6.45) is 0. The Bertz CT molecular complexity index is 669. The number of hydrogen-bond donors (Lipinski definition) is 2. The van der Waals surface area contributed by atoms with E-state index in [4.69, 9.17) is 15.2 Å². The molecule has 0 fully saturated rings. The maximum Gasteiger partial charge on any atom is 0.193 e. The van der Waals surface area contributed by atoms with Crippen molar-refractivity contribution in [3.63, 3.8) is 0 Å². The average Bonchev–Trinajstić information content (AvgIpc) is 2.52. The average molecular weight is 299 g/mol. The number of para-hydroxylation sites is 1. The van der Waals surface area contributed by atoms with Crippen molar-refractivity contribution < 1.29 is 9.47 Å². The topological polar surface area (TPSA) is 68.9 Å². The fraction of sp³-hybridized carbons (Fsp3) is 0.235. The molecule has 22 heavy (non-hydrogen) atoms. The van der Waals surface area contributed by atoms with Crippen LogP contribution in [0.15, 0.2) is 47.5 Å². The molecule has 2 rings (SSSR count). The van der Waals surface area contributed by atoms with E-state index < -0.39 is 0 Å². The standard InChI is InChI=1S/C17H21N3O2/c1-12-6-4-8-14(10-12)20-17(18)19-11-13-7-5-9-15(21-2)16(13)22-3/h4-10H,11H2,1-3H3,(H3,18,19,20).